The summed E-state index contributed by atoms with van der Waals surface area (Å²) in [6.45, 7) is 6.19. The average molecular weight is 419 g/mol. The number of esters is 1. The van der Waals surface area contributed by atoms with Gasteiger partial charge in [-0.15, -0.1) is 0 Å². The molecule has 3 heteroatoms. The van der Waals surface area contributed by atoms with Gasteiger partial charge in [0.1, 0.15) is 6.10 Å². The Morgan fingerprint density at radius 3 is 2.52 bits per heavy atom. The lowest BCUT2D eigenvalue weighted by Gasteiger charge is -2.56. The smallest absolute Gasteiger partial charge is 0.302 e. The molecule has 3 fully saturated rings. The van der Waals surface area contributed by atoms with Crippen molar-refractivity contribution in [3.63, 3.8) is 0 Å². The SMILES string of the molecule is CC(=O)O[C@H]1CC[C@@]2(C)C(=CC[C@@H]3[C@@H]2CC[C@]2(C)C(=O)/C(=C/c4ccccc4)C[C@@H]32)C1. The van der Waals surface area contributed by atoms with Crippen molar-refractivity contribution in [2.75, 3.05) is 0 Å². The number of fused-ring (bicyclic) bond motifs is 5. The predicted octanol–water partition coefficient (Wildman–Crippen LogP) is 6.14. The van der Waals surface area contributed by atoms with Crippen LogP contribution in [-0.2, 0) is 14.3 Å². The molecule has 5 rings (SSSR count). The minimum Gasteiger partial charge on any atom is -0.462 e. The zero-order valence-corrected chi connectivity index (χ0v) is 19.0. The highest BCUT2D eigenvalue weighted by Gasteiger charge is 2.59. The van der Waals surface area contributed by atoms with Crippen LogP contribution in [0.5, 0.6) is 0 Å². The summed E-state index contributed by atoms with van der Waals surface area (Å²) < 4.78 is 5.56. The molecule has 0 saturated heterocycles. The number of Topliss-reactive ketones (excluding diaryl/α,β-unsaturated/α-hetero) is 1. The van der Waals surface area contributed by atoms with E-state index in [0.717, 1.165) is 56.1 Å². The summed E-state index contributed by atoms with van der Waals surface area (Å²) in [5, 5.41) is 0. The second-order valence-corrected chi connectivity index (χ2v) is 10.8. The molecule has 0 heterocycles. The Labute approximate surface area is 185 Å². The van der Waals surface area contributed by atoms with Crippen LogP contribution in [0.15, 0.2) is 47.6 Å². The molecule has 0 unspecified atom stereocenters. The fourth-order valence-corrected chi connectivity index (χ4v) is 7.51. The van der Waals surface area contributed by atoms with Crippen molar-refractivity contribution >= 4 is 17.8 Å². The molecule has 4 aliphatic rings. The topological polar surface area (TPSA) is 43.4 Å². The molecule has 3 nitrogen and oxygen atoms in total. The first kappa shape index (κ1) is 20.7. The quantitative estimate of drug-likeness (QED) is 0.329. The zero-order chi connectivity index (χ0) is 21.8. The van der Waals surface area contributed by atoms with Crippen LogP contribution in [0, 0.1) is 28.6 Å². The van der Waals surface area contributed by atoms with Crippen LogP contribution in [0.1, 0.15) is 71.3 Å². The number of allylic oxidation sites excluding steroid dienone is 2. The van der Waals surface area contributed by atoms with Gasteiger partial charge in [-0.2, -0.15) is 0 Å². The standard InChI is InChI=1S/C28H34O3/c1-18(29)31-22-11-13-27(2)21(17-22)9-10-23-24(27)12-14-28(3)25(23)16-20(26(28)30)15-19-7-5-4-6-8-19/h4-9,15,22-25H,10-14,16-17H2,1-3H3/b20-15+/t22-,23+,24-,25-,27-,28-/m0/s1. The first-order valence-corrected chi connectivity index (χ1v) is 12.0. The van der Waals surface area contributed by atoms with Crippen LogP contribution in [0.2, 0.25) is 0 Å². The van der Waals surface area contributed by atoms with Gasteiger partial charge in [-0.25, -0.2) is 0 Å². The number of hydrogen-bond donors (Lipinski definition) is 0. The molecule has 0 radical (unpaired) electrons. The molecular weight excluding hydrogens is 384 g/mol. The maximum atomic E-state index is 13.5. The molecular formula is C28H34O3. The largest absolute Gasteiger partial charge is 0.462 e. The van der Waals surface area contributed by atoms with E-state index in [9.17, 15) is 9.59 Å². The minimum atomic E-state index is -0.210. The maximum absolute atomic E-state index is 13.5. The van der Waals surface area contributed by atoms with Crippen LogP contribution < -0.4 is 0 Å². The van der Waals surface area contributed by atoms with Crippen LogP contribution in [-0.4, -0.2) is 17.9 Å². The van der Waals surface area contributed by atoms with Gasteiger partial charge >= 0.3 is 5.97 Å². The third-order valence-electron chi connectivity index (χ3n) is 9.17. The lowest BCUT2D eigenvalue weighted by atomic mass is 9.48. The van der Waals surface area contributed by atoms with E-state index in [1.165, 1.54) is 12.5 Å². The summed E-state index contributed by atoms with van der Waals surface area (Å²) in [4.78, 5) is 25.0. The first-order valence-electron chi connectivity index (χ1n) is 12.0. The molecule has 1 aromatic rings. The van der Waals surface area contributed by atoms with Crippen LogP contribution in [0.4, 0.5) is 0 Å². The Morgan fingerprint density at radius 1 is 1.03 bits per heavy atom. The molecule has 0 N–H and O–H groups in total. The predicted molar refractivity (Wildman–Crippen MR) is 122 cm³/mol. The minimum absolute atomic E-state index is 0.0377. The summed E-state index contributed by atoms with van der Waals surface area (Å²) in [6.07, 6.45) is 11.7. The van der Waals surface area contributed by atoms with Gasteiger partial charge in [-0.05, 0) is 78.9 Å². The van der Waals surface area contributed by atoms with E-state index < -0.39 is 0 Å². The van der Waals surface area contributed by atoms with Crippen molar-refractivity contribution in [3.05, 3.63) is 53.1 Å². The van der Waals surface area contributed by atoms with Gasteiger partial charge < -0.3 is 4.74 Å². The molecule has 4 aliphatic carbocycles. The van der Waals surface area contributed by atoms with Crippen LogP contribution in [0.25, 0.3) is 6.08 Å². The number of hydrogen-bond acceptors (Lipinski definition) is 3. The molecule has 31 heavy (non-hydrogen) atoms. The van der Waals surface area contributed by atoms with E-state index in [1.54, 1.807) is 0 Å². The van der Waals surface area contributed by atoms with Crippen molar-refractivity contribution in [3.8, 4) is 0 Å². The molecule has 3 saturated carbocycles. The van der Waals surface area contributed by atoms with Crippen LogP contribution >= 0.6 is 0 Å². The Hall–Kier alpha value is -2.16. The van der Waals surface area contributed by atoms with Crippen molar-refractivity contribution < 1.29 is 14.3 Å². The van der Waals surface area contributed by atoms with Gasteiger partial charge in [0, 0.05) is 18.8 Å². The summed E-state index contributed by atoms with van der Waals surface area (Å²) >= 11 is 0. The number of carbonyl (C=O) groups excluding carboxylic acids is 2. The van der Waals surface area contributed by atoms with Crippen molar-refractivity contribution in [2.24, 2.45) is 28.6 Å². The van der Waals surface area contributed by atoms with Crippen molar-refractivity contribution in [1.82, 2.24) is 0 Å². The number of carbonyl (C=O) groups is 2. The zero-order valence-electron chi connectivity index (χ0n) is 19.0. The first-order chi connectivity index (χ1) is 14.8. The molecule has 0 amide bonds. The van der Waals surface area contributed by atoms with Crippen molar-refractivity contribution in [2.45, 2.75) is 71.8 Å². The second kappa shape index (κ2) is 7.46. The number of rotatable bonds is 2. The Morgan fingerprint density at radius 2 is 1.77 bits per heavy atom. The van der Waals surface area contributed by atoms with Gasteiger partial charge in [0.25, 0.3) is 0 Å². The second-order valence-electron chi connectivity index (χ2n) is 10.8. The van der Waals surface area contributed by atoms with E-state index in [2.05, 4.69) is 38.1 Å². The summed E-state index contributed by atoms with van der Waals surface area (Å²) in [7, 11) is 0. The monoisotopic (exact) mass is 418 g/mol. The lowest BCUT2D eigenvalue weighted by Crippen LogP contribution is -2.50. The summed E-state index contributed by atoms with van der Waals surface area (Å²) in [5.74, 6) is 1.86. The fourth-order valence-electron chi connectivity index (χ4n) is 7.51. The molecule has 1 aromatic carbocycles. The highest BCUT2D eigenvalue weighted by atomic mass is 16.5. The van der Waals surface area contributed by atoms with Gasteiger partial charge in [-0.3, -0.25) is 9.59 Å². The lowest BCUT2D eigenvalue weighted by molar-refractivity contribution is -0.148. The van der Waals surface area contributed by atoms with E-state index in [-0.39, 0.29) is 22.9 Å². The third kappa shape index (κ3) is 3.32. The van der Waals surface area contributed by atoms with E-state index >= 15 is 0 Å². The molecule has 0 bridgehead atoms. The summed E-state index contributed by atoms with van der Waals surface area (Å²) in [5.41, 5.74) is 3.64. The number of ketones is 1. The number of ether oxygens (including phenoxy) is 1. The fraction of sp³-hybridized carbons (Fsp3) is 0.571. The Bertz CT molecular complexity index is 958. The third-order valence-corrected chi connectivity index (χ3v) is 9.17. The highest BCUT2D eigenvalue weighted by Crippen LogP contribution is 2.64. The van der Waals surface area contributed by atoms with Gasteiger partial charge in [0.2, 0.25) is 0 Å². The average Bonchev–Trinajstić information content (AvgIpc) is 2.99. The normalized spacial score (nSPS) is 40.5. The molecule has 0 aromatic heterocycles. The maximum Gasteiger partial charge on any atom is 0.302 e. The van der Waals surface area contributed by atoms with E-state index in [4.69, 9.17) is 4.74 Å². The van der Waals surface area contributed by atoms with Gasteiger partial charge in [0.05, 0.1) is 0 Å². The molecule has 164 valence electrons. The Kier molecular flexibility index (Phi) is 4.99. The number of benzene rings is 1. The molecule has 0 spiro atoms. The van der Waals surface area contributed by atoms with Gasteiger partial charge in [-0.1, -0.05) is 55.8 Å². The highest BCUT2D eigenvalue weighted by molar-refractivity contribution is 6.05. The van der Waals surface area contributed by atoms with Crippen molar-refractivity contribution in [1.29, 1.82) is 0 Å². The van der Waals surface area contributed by atoms with E-state index in [0.29, 0.717) is 23.5 Å². The van der Waals surface area contributed by atoms with E-state index in [1.807, 2.05) is 18.2 Å². The van der Waals surface area contributed by atoms with Crippen LogP contribution in [0.3, 0.4) is 0 Å². The summed E-state index contributed by atoms with van der Waals surface area (Å²) in [6, 6.07) is 10.3. The Balaban J connectivity index is 1.42. The molecule has 6 atom stereocenters. The molecule has 0 aliphatic heterocycles. The van der Waals surface area contributed by atoms with Gasteiger partial charge in [0.15, 0.2) is 5.78 Å².